The zero-order valence-corrected chi connectivity index (χ0v) is 37.9. The first-order chi connectivity index (χ1) is 28.9. The number of aliphatic hydroxyl groups excluding tert-OH is 5. The van der Waals surface area contributed by atoms with Gasteiger partial charge in [0.2, 0.25) is 5.91 Å². The monoisotopic (exact) mass is 876 g/mol. The summed E-state index contributed by atoms with van der Waals surface area (Å²) in [7, 11) is -5.12. The Hall–Kier alpha value is -1.72. The van der Waals surface area contributed by atoms with Gasteiger partial charge in [-0.15, -0.1) is 0 Å². The van der Waals surface area contributed by atoms with Crippen LogP contribution in [0.15, 0.2) is 36.5 Å². The van der Waals surface area contributed by atoms with Crippen molar-refractivity contribution in [2.45, 2.75) is 236 Å². The van der Waals surface area contributed by atoms with Crippen LogP contribution >= 0.6 is 0 Å². The van der Waals surface area contributed by atoms with Gasteiger partial charge < -0.3 is 40.3 Å². The maximum absolute atomic E-state index is 13.1. The zero-order chi connectivity index (χ0) is 44.3. The first-order valence-corrected chi connectivity index (χ1v) is 24.8. The van der Waals surface area contributed by atoms with Crippen LogP contribution in [-0.2, 0) is 28.9 Å². The van der Waals surface area contributed by atoms with Gasteiger partial charge in [0, 0.05) is 0 Å². The molecular formula is C46H85NO12S. The highest BCUT2D eigenvalue weighted by molar-refractivity contribution is 7.80. The van der Waals surface area contributed by atoms with Crippen LogP contribution in [0.2, 0.25) is 0 Å². The lowest BCUT2D eigenvalue weighted by molar-refractivity contribution is -0.298. The summed E-state index contributed by atoms with van der Waals surface area (Å²) < 4.78 is 47.5. The molecule has 8 unspecified atom stereocenters. The number of hydrogen-bond acceptors (Lipinski definition) is 11. The second kappa shape index (κ2) is 36.7. The second-order valence-corrected chi connectivity index (χ2v) is 17.5. The van der Waals surface area contributed by atoms with E-state index in [-0.39, 0.29) is 6.42 Å². The first kappa shape index (κ1) is 56.3. The molecule has 7 N–H and O–H groups in total. The number of unbranched alkanes of at least 4 members (excludes halogenated alkanes) is 22. The van der Waals surface area contributed by atoms with E-state index in [1.165, 1.54) is 109 Å². The number of allylic oxidation sites excluding steroid dienone is 5. The number of rotatable bonds is 39. The van der Waals surface area contributed by atoms with Gasteiger partial charge in [-0.05, 0) is 44.9 Å². The van der Waals surface area contributed by atoms with Gasteiger partial charge in [0.25, 0.3) is 0 Å². The molecule has 14 heteroatoms. The van der Waals surface area contributed by atoms with E-state index >= 15 is 0 Å². The van der Waals surface area contributed by atoms with Crippen molar-refractivity contribution in [3.8, 4) is 0 Å². The van der Waals surface area contributed by atoms with E-state index in [1.807, 2.05) is 6.08 Å². The van der Waals surface area contributed by atoms with E-state index < -0.39 is 78.5 Å². The average Bonchev–Trinajstić information content (AvgIpc) is 3.22. The molecular weight excluding hydrogens is 791 g/mol. The second-order valence-electron chi connectivity index (χ2n) is 16.5. The highest BCUT2D eigenvalue weighted by Crippen LogP contribution is 2.26. The van der Waals surface area contributed by atoms with Crippen molar-refractivity contribution < 1.29 is 57.0 Å². The highest BCUT2D eigenvalue weighted by atomic mass is 32.3. The van der Waals surface area contributed by atoms with E-state index in [0.717, 1.165) is 51.4 Å². The van der Waals surface area contributed by atoms with Gasteiger partial charge in [-0.1, -0.05) is 179 Å². The van der Waals surface area contributed by atoms with Gasteiger partial charge >= 0.3 is 10.4 Å². The number of nitrogens with one attached hydrogen (secondary N) is 1. The van der Waals surface area contributed by atoms with Crippen molar-refractivity contribution in [2.24, 2.45) is 0 Å². The summed E-state index contributed by atoms with van der Waals surface area (Å²) in [6.07, 6.45) is 30.9. The third-order valence-electron chi connectivity index (χ3n) is 11.0. The third-order valence-corrected chi connectivity index (χ3v) is 11.5. The largest absolute Gasteiger partial charge is 0.397 e. The molecule has 0 bridgehead atoms. The van der Waals surface area contributed by atoms with Crippen LogP contribution in [0.4, 0.5) is 0 Å². The van der Waals surface area contributed by atoms with Crippen molar-refractivity contribution >= 4 is 16.3 Å². The maximum Gasteiger partial charge on any atom is 0.397 e. The molecule has 1 aliphatic heterocycles. The molecule has 1 aliphatic rings. The van der Waals surface area contributed by atoms with E-state index in [1.54, 1.807) is 0 Å². The molecule has 0 aromatic carbocycles. The molecule has 1 amide bonds. The molecule has 0 saturated carbocycles. The smallest absolute Gasteiger partial charge is 0.394 e. The first-order valence-electron chi connectivity index (χ1n) is 23.5. The normalized spacial score (nSPS) is 21.6. The van der Waals surface area contributed by atoms with Crippen LogP contribution in [0.5, 0.6) is 0 Å². The van der Waals surface area contributed by atoms with E-state index in [2.05, 4.69) is 47.7 Å². The van der Waals surface area contributed by atoms with Gasteiger partial charge in [0.05, 0.1) is 25.4 Å². The molecule has 1 fully saturated rings. The Morgan fingerprint density at radius 1 is 0.700 bits per heavy atom. The van der Waals surface area contributed by atoms with E-state index in [9.17, 15) is 43.3 Å². The highest BCUT2D eigenvalue weighted by Gasteiger charge is 2.48. The van der Waals surface area contributed by atoms with Crippen molar-refractivity contribution in [3.05, 3.63) is 36.5 Å². The predicted molar refractivity (Wildman–Crippen MR) is 238 cm³/mol. The van der Waals surface area contributed by atoms with Crippen molar-refractivity contribution in [1.29, 1.82) is 0 Å². The molecule has 1 saturated heterocycles. The van der Waals surface area contributed by atoms with Gasteiger partial charge in [0.15, 0.2) is 6.29 Å². The third kappa shape index (κ3) is 28.8. The van der Waals surface area contributed by atoms with Crippen LogP contribution in [0.3, 0.4) is 0 Å². The fraction of sp³-hybridized carbons (Fsp3) is 0.848. The molecule has 352 valence electrons. The summed E-state index contributed by atoms with van der Waals surface area (Å²) in [6, 6.07) is -1.12. The molecule has 0 aromatic heterocycles. The topological polar surface area (TPSA) is 212 Å². The van der Waals surface area contributed by atoms with Crippen molar-refractivity contribution in [1.82, 2.24) is 5.32 Å². The van der Waals surface area contributed by atoms with Crippen LogP contribution in [0, 0.1) is 0 Å². The Morgan fingerprint density at radius 3 is 1.72 bits per heavy atom. The molecule has 60 heavy (non-hydrogen) atoms. The summed E-state index contributed by atoms with van der Waals surface area (Å²) in [4.78, 5) is 13.1. The Labute approximate surface area is 363 Å². The van der Waals surface area contributed by atoms with Gasteiger partial charge in [-0.3, -0.25) is 9.35 Å². The Morgan fingerprint density at radius 2 is 1.20 bits per heavy atom. The zero-order valence-electron chi connectivity index (χ0n) is 37.1. The Bertz CT molecular complexity index is 1230. The minimum Gasteiger partial charge on any atom is -0.394 e. The molecule has 8 atom stereocenters. The number of aliphatic hydroxyl groups is 5. The predicted octanol–water partition coefficient (Wildman–Crippen LogP) is 8.08. The molecule has 0 aromatic rings. The minimum absolute atomic E-state index is 0.242. The van der Waals surface area contributed by atoms with E-state index in [4.69, 9.17) is 9.47 Å². The Kier molecular flexibility index (Phi) is 34.5. The molecule has 13 nitrogen and oxygen atoms in total. The maximum atomic E-state index is 13.1. The lowest BCUT2D eigenvalue weighted by atomic mass is 9.99. The SMILES string of the molecule is CC/C=C\C/C=C\CCCCCCCCCCCCCCCC(O)C(=O)NC(COC1OC(CO)C(O)C(OS(=O)(=O)O)C1O)C(O)/C=C/CCCCCCCCCCC. The summed E-state index contributed by atoms with van der Waals surface area (Å²) >= 11 is 0. The molecule has 0 radical (unpaired) electrons. The number of ether oxygens (including phenoxy) is 2. The molecule has 1 heterocycles. The van der Waals surface area contributed by atoms with Crippen molar-refractivity contribution in [3.63, 3.8) is 0 Å². The van der Waals surface area contributed by atoms with Crippen LogP contribution in [0.25, 0.3) is 0 Å². The average molecular weight is 876 g/mol. The number of carbonyl (C=O) groups is 1. The van der Waals surface area contributed by atoms with Gasteiger partial charge in [0.1, 0.15) is 30.5 Å². The Balaban J connectivity index is 2.50. The quantitative estimate of drug-likeness (QED) is 0.0178. The lowest BCUT2D eigenvalue weighted by Crippen LogP contribution is -2.61. The fourth-order valence-corrected chi connectivity index (χ4v) is 7.83. The molecule has 0 spiro atoms. The minimum atomic E-state index is -5.12. The molecule has 1 rings (SSSR count). The van der Waals surface area contributed by atoms with Crippen LogP contribution < -0.4 is 5.32 Å². The summed E-state index contributed by atoms with van der Waals surface area (Å²) in [6.45, 7) is 3.09. The fourth-order valence-electron chi connectivity index (χ4n) is 7.32. The van der Waals surface area contributed by atoms with E-state index in [0.29, 0.717) is 12.8 Å². The standard InChI is InChI=1S/C46H85NO12S/c1-3-5-7-9-11-13-15-16-17-18-19-20-21-22-23-25-27-29-31-33-35-40(50)45(53)47-38(39(49)34-32-30-28-26-24-14-12-10-8-6-4-2)37-57-46-43(52)44(59-60(54,55)56)42(51)41(36-48)58-46/h5,7,11,13,32,34,38-44,46,48-52H,3-4,6,8-10,12,14-31,33,35-37H2,1-2H3,(H,47,53)(H,54,55,56)/b7-5-,13-11-,34-32+. The van der Waals surface area contributed by atoms with Gasteiger partial charge in [-0.25, -0.2) is 4.18 Å². The number of hydrogen-bond donors (Lipinski definition) is 7. The van der Waals surface area contributed by atoms with Crippen molar-refractivity contribution in [2.75, 3.05) is 13.2 Å². The summed E-state index contributed by atoms with van der Waals surface area (Å²) in [5.41, 5.74) is 0. The lowest BCUT2D eigenvalue weighted by Gasteiger charge is -2.41. The number of amides is 1. The summed E-state index contributed by atoms with van der Waals surface area (Å²) in [5, 5.41) is 55.1. The molecule has 0 aliphatic carbocycles. The van der Waals surface area contributed by atoms with Crippen LogP contribution in [-0.4, -0.2) is 107 Å². The number of carbonyl (C=O) groups excluding carboxylic acids is 1. The summed E-state index contributed by atoms with van der Waals surface area (Å²) in [5.74, 6) is -0.705. The van der Waals surface area contributed by atoms with Crippen LogP contribution in [0.1, 0.15) is 187 Å². The van der Waals surface area contributed by atoms with Gasteiger partial charge in [-0.2, -0.15) is 8.42 Å².